The van der Waals surface area contributed by atoms with Gasteiger partial charge in [-0.25, -0.2) is 4.79 Å². The Kier molecular flexibility index (Phi) is 5.24. The SMILES string of the molecule is CC1CC=CCC1COC(=O)COC1CCCC1. The number of carbonyl (C=O) groups is 1. The molecule has 0 heterocycles. The van der Waals surface area contributed by atoms with E-state index >= 15 is 0 Å². The fourth-order valence-corrected chi connectivity index (χ4v) is 2.72. The maximum atomic E-state index is 11.6. The van der Waals surface area contributed by atoms with E-state index < -0.39 is 0 Å². The Balaban J connectivity index is 1.60. The van der Waals surface area contributed by atoms with E-state index in [-0.39, 0.29) is 18.7 Å². The summed E-state index contributed by atoms with van der Waals surface area (Å²) in [5.74, 6) is 0.882. The van der Waals surface area contributed by atoms with Gasteiger partial charge in [0.1, 0.15) is 6.61 Å². The summed E-state index contributed by atoms with van der Waals surface area (Å²) in [5, 5.41) is 0. The summed E-state index contributed by atoms with van der Waals surface area (Å²) in [6.45, 7) is 2.89. The number of ether oxygens (including phenoxy) is 2. The fourth-order valence-electron chi connectivity index (χ4n) is 2.72. The van der Waals surface area contributed by atoms with Crippen LogP contribution in [-0.2, 0) is 14.3 Å². The van der Waals surface area contributed by atoms with Crippen molar-refractivity contribution in [2.24, 2.45) is 11.8 Å². The standard InChI is InChI=1S/C15H24O3/c1-12-6-2-3-7-13(12)10-18-15(16)11-17-14-8-4-5-9-14/h2-3,12-14H,4-11H2,1H3. The van der Waals surface area contributed by atoms with Crippen LogP contribution < -0.4 is 0 Å². The van der Waals surface area contributed by atoms with Crippen LogP contribution in [-0.4, -0.2) is 25.3 Å². The van der Waals surface area contributed by atoms with Crippen LogP contribution in [0.3, 0.4) is 0 Å². The Morgan fingerprint density at radius 1 is 1.22 bits per heavy atom. The molecule has 0 aliphatic heterocycles. The lowest BCUT2D eigenvalue weighted by Gasteiger charge is -2.24. The van der Waals surface area contributed by atoms with Crippen LogP contribution >= 0.6 is 0 Å². The molecule has 0 aromatic carbocycles. The van der Waals surface area contributed by atoms with Crippen LogP contribution in [0.25, 0.3) is 0 Å². The summed E-state index contributed by atoms with van der Waals surface area (Å²) < 4.78 is 10.9. The molecule has 3 nitrogen and oxygen atoms in total. The minimum Gasteiger partial charge on any atom is -0.464 e. The maximum Gasteiger partial charge on any atom is 0.332 e. The molecule has 2 rings (SSSR count). The van der Waals surface area contributed by atoms with Crippen LogP contribution in [0.15, 0.2) is 12.2 Å². The van der Waals surface area contributed by atoms with E-state index in [9.17, 15) is 4.79 Å². The molecule has 2 aliphatic rings. The second kappa shape index (κ2) is 6.93. The third-order valence-electron chi connectivity index (χ3n) is 4.12. The molecule has 0 spiro atoms. The molecule has 0 saturated heterocycles. The molecule has 0 bridgehead atoms. The van der Waals surface area contributed by atoms with E-state index in [1.807, 2.05) is 0 Å². The fraction of sp³-hybridized carbons (Fsp3) is 0.800. The first kappa shape index (κ1) is 13.6. The first-order valence-corrected chi connectivity index (χ1v) is 7.18. The monoisotopic (exact) mass is 252 g/mol. The molecule has 18 heavy (non-hydrogen) atoms. The van der Waals surface area contributed by atoms with Gasteiger partial charge in [-0.2, -0.15) is 0 Å². The molecule has 0 aromatic rings. The van der Waals surface area contributed by atoms with E-state index in [1.54, 1.807) is 0 Å². The molecular weight excluding hydrogens is 228 g/mol. The number of esters is 1. The predicted octanol–water partition coefficient (Wildman–Crippen LogP) is 3.09. The van der Waals surface area contributed by atoms with Crippen molar-refractivity contribution >= 4 is 5.97 Å². The zero-order valence-electron chi connectivity index (χ0n) is 11.3. The van der Waals surface area contributed by atoms with Crippen LogP contribution in [0.5, 0.6) is 0 Å². The second-order valence-electron chi connectivity index (χ2n) is 5.58. The van der Waals surface area contributed by atoms with Crippen molar-refractivity contribution in [3.63, 3.8) is 0 Å². The number of hydrogen-bond acceptors (Lipinski definition) is 3. The molecule has 0 radical (unpaired) electrons. The van der Waals surface area contributed by atoms with Gasteiger partial charge in [0.05, 0.1) is 12.7 Å². The molecule has 1 saturated carbocycles. The van der Waals surface area contributed by atoms with Gasteiger partial charge in [-0.15, -0.1) is 0 Å². The summed E-state index contributed by atoms with van der Waals surface area (Å²) in [6.07, 6.45) is 11.5. The molecule has 2 aliphatic carbocycles. The largest absolute Gasteiger partial charge is 0.464 e. The molecule has 2 unspecified atom stereocenters. The Labute approximate surface area is 110 Å². The predicted molar refractivity (Wildman–Crippen MR) is 70.2 cm³/mol. The molecule has 0 N–H and O–H groups in total. The molecule has 1 fully saturated rings. The lowest BCUT2D eigenvalue weighted by Crippen LogP contribution is -2.24. The second-order valence-corrected chi connectivity index (χ2v) is 5.58. The van der Waals surface area contributed by atoms with Gasteiger partial charge in [0.25, 0.3) is 0 Å². The maximum absolute atomic E-state index is 11.6. The number of allylic oxidation sites excluding steroid dienone is 2. The molecular formula is C15H24O3. The number of hydrogen-bond donors (Lipinski definition) is 0. The van der Waals surface area contributed by atoms with Crippen molar-refractivity contribution in [3.05, 3.63) is 12.2 Å². The van der Waals surface area contributed by atoms with Gasteiger partial charge in [0.2, 0.25) is 0 Å². The van der Waals surface area contributed by atoms with Gasteiger partial charge in [-0.3, -0.25) is 0 Å². The number of rotatable bonds is 5. The minimum atomic E-state index is -0.205. The van der Waals surface area contributed by atoms with Gasteiger partial charge in [-0.1, -0.05) is 31.9 Å². The Bertz CT molecular complexity index is 292. The first-order valence-electron chi connectivity index (χ1n) is 7.18. The quantitative estimate of drug-likeness (QED) is 0.557. The molecule has 0 amide bonds. The minimum absolute atomic E-state index is 0.127. The van der Waals surface area contributed by atoms with E-state index in [1.165, 1.54) is 12.8 Å². The summed E-state index contributed by atoms with van der Waals surface area (Å²) in [7, 11) is 0. The highest BCUT2D eigenvalue weighted by molar-refractivity contribution is 5.70. The van der Waals surface area contributed by atoms with E-state index in [2.05, 4.69) is 19.1 Å². The van der Waals surface area contributed by atoms with Crippen LogP contribution in [0.2, 0.25) is 0 Å². The Morgan fingerprint density at radius 2 is 1.94 bits per heavy atom. The summed E-state index contributed by atoms with van der Waals surface area (Å²) >= 11 is 0. The summed E-state index contributed by atoms with van der Waals surface area (Å²) in [6, 6.07) is 0. The average Bonchev–Trinajstić information content (AvgIpc) is 2.88. The zero-order valence-corrected chi connectivity index (χ0v) is 11.3. The third-order valence-corrected chi connectivity index (χ3v) is 4.12. The smallest absolute Gasteiger partial charge is 0.332 e. The van der Waals surface area contributed by atoms with E-state index in [0.29, 0.717) is 18.4 Å². The van der Waals surface area contributed by atoms with Crippen molar-refractivity contribution in [1.29, 1.82) is 0 Å². The van der Waals surface area contributed by atoms with Gasteiger partial charge in [0.15, 0.2) is 0 Å². The van der Waals surface area contributed by atoms with Crippen LogP contribution in [0, 0.1) is 11.8 Å². The molecule has 2 atom stereocenters. The third kappa shape index (κ3) is 4.13. The van der Waals surface area contributed by atoms with Gasteiger partial charge < -0.3 is 9.47 Å². The molecule has 102 valence electrons. The highest BCUT2D eigenvalue weighted by Crippen LogP contribution is 2.25. The topological polar surface area (TPSA) is 35.5 Å². The van der Waals surface area contributed by atoms with Gasteiger partial charge >= 0.3 is 5.97 Å². The van der Waals surface area contributed by atoms with Crippen molar-refractivity contribution in [2.45, 2.75) is 51.6 Å². The van der Waals surface area contributed by atoms with Crippen molar-refractivity contribution in [2.75, 3.05) is 13.2 Å². The van der Waals surface area contributed by atoms with E-state index in [0.717, 1.165) is 25.7 Å². The molecule has 0 aromatic heterocycles. The number of carbonyl (C=O) groups excluding carboxylic acids is 1. The Hall–Kier alpha value is -0.830. The van der Waals surface area contributed by atoms with Gasteiger partial charge in [-0.05, 0) is 37.5 Å². The van der Waals surface area contributed by atoms with Crippen LogP contribution in [0.4, 0.5) is 0 Å². The lowest BCUT2D eigenvalue weighted by molar-refractivity contribution is -0.152. The van der Waals surface area contributed by atoms with Gasteiger partial charge in [0, 0.05) is 0 Å². The first-order chi connectivity index (χ1) is 8.75. The average molecular weight is 252 g/mol. The van der Waals surface area contributed by atoms with Crippen molar-refractivity contribution in [1.82, 2.24) is 0 Å². The van der Waals surface area contributed by atoms with Crippen molar-refractivity contribution in [3.8, 4) is 0 Å². The Morgan fingerprint density at radius 3 is 2.67 bits per heavy atom. The highest BCUT2D eigenvalue weighted by atomic mass is 16.6. The highest BCUT2D eigenvalue weighted by Gasteiger charge is 2.21. The summed E-state index contributed by atoms with van der Waals surface area (Å²) in [4.78, 5) is 11.6. The van der Waals surface area contributed by atoms with Crippen molar-refractivity contribution < 1.29 is 14.3 Å². The van der Waals surface area contributed by atoms with Crippen LogP contribution in [0.1, 0.15) is 45.4 Å². The molecule has 3 heteroatoms. The summed E-state index contributed by atoms with van der Waals surface area (Å²) in [5.41, 5.74) is 0. The zero-order chi connectivity index (χ0) is 12.8. The van der Waals surface area contributed by atoms with E-state index in [4.69, 9.17) is 9.47 Å². The normalized spacial score (nSPS) is 28.5. The lowest BCUT2D eigenvalue weighted by atomic mass is 9.85.